The summed E-state index contributed by atoms with van der Waals surface area (Å²) in [6, 6.07) is 35.1. The molecule has 0 saturated heterocycles. The number of aryl methyl sites for hydroxylation is 5. The smallest absolute Gasteiger partial charge is 0.161 e. The number of hydrogen-bond acceptors (Lipinski definition) is 11. The molecule has 0 saturated carbocycles. The molecular weight excluding hydrogens is 933 g/mol. The zero-order chi connectivity index (χ0) is 52.9. The molecule has 4 atom stereocenters. The average molecular weight is 995 g/mol. The quantitative estimate of drug-likeness (QED) is 0.0651. The van der Waals surface area contributed by atoms with E-state index in [1.165, 1.54) is 0 Å². The summed E-state index contributed by atoms with van der Waals surface area (Å²) in [5.41, 5.74) is 10.1. The van der Waals surface area contributed by atoms with Gasteiger partial charge in [0, 0.05) is 69.2 Å². The highest BCUT2D eigenvalue weighted by molar-refractivity contribution is 5.67. The van der Waals surface area contributed by atoms with Gasteiger partial charge < -0.3 is 55.1 Å². The van der Waals surface area contributed by atoms with Crippen molar-refractivity contribution in [3.63, 3.8) is 0 Å². The SMILES string of the molecule is CCOc1cc(C2c3cc(c(C)cc3O)C(c3ccc(O)c(C)c3)c3cc(c(C)cc3O)C(c3ccc(O)c(C)c3)c3cc(c(OCC)cc3O)C(c3ccc(O)c(C)c3)c3cc2c(OCC)cc3O)ccc1O. The molecule has 380 valence electrons. The van der Waals surface area contributed by atoms with Crippen molar-refractivity contribution in [2.75, 3.05) is 19.8 Å². The Morgan fingerprint density at radius 1 is 0.270 bits per heavy atom. The van der Waals surface area contributed by atoms with Crippen molar-refractivity contribution in [2.45, 2.75) is 79.1 Å². The molecule has 11 heteroatoms. The van der Waals surface area contributed by atoms with Crippen LogP contribution in [0, 0.1) is 34.6 Å². The van der Waals surface area contributed by atoms with E-state index in [4.69, 9.17) is 14.2 Å². The minimum atomic E-state index is -0.890. The first-order chi connectivity index (χ1) is 35.4. The van der Waals surface area contributed by atoms with E-state index >= 15 is 0 Å². The number of rotatable bonds is 10. The highest BCUT2D eigenvalue weighted by Crippen LogP contribution is 2.53. The maximum absolute atomic E-state index is 12.6. The van der Waals surface area contributed by atoms with E-state index in [1.54, 1.807) is 87.5 Å². The first kappa shape index (κ1) is 50.5. The van der Waals surface area contributed by atoms with Crippen LogP contribution in [-0.2, 0) is 0 Å². The van der Waals surface area contributed by atoms with Crippen LogP contribution in [0.25, 0.3) is 0 Å². The zero-order valence-electron chi connectivity index (χ0n) is 42.8. The second kappa shape index (κ2) is 20.2. The monoisotopic (exact) mass is 994 g/mol. The Hall–Kier alpha value is -8.44. The van der Waals surface area contributed by atoms with E-state index in [0.29, 0.717) is 95.0 Å². The van der Waals surface area contributed by atoms with Gasteiger partial charge in [-0.3, -0.25) is 0 Å². The minimum Gasteiger partial charge on any atom is -0.508 e. The van der Waals surface area contributed by atoms with Crippen LogP contribution in [0.2, 0.25) is 0 Å². The Morgan fingerprint density at radius 3 is 0.892 bits per heavy atom. The predicted molar refractivity (Wildman–Crippen MR) is 286 cm³/mol. The molecule has 8 aromatic carbocycles. The van der Waals surface area contributed by atoms with E-state index in [-0.39, 0.29) is 71.6 Å². The molecule has 0 aromatic heterocycles. The molecule has 0 aliphatic heterocycles. The summed E-state index contributed by atoms with van der Waals surface area (Å²) in [7, 11) is 0. The Kier molecular flexibility index (Phi) is 13.8. The summed E-state index contributed by atoms with van der Waals surface area (Å²) in [4.78, 5) is 0. The predicted octanol–water partition coefficient (Wildman–Crippen LogP) is 13.1. The largest absolute Gasteiger partial charge is 0.508 e. The van der Waals surface area contributed by atoms with Crippen LogP contribution < -0.4 is 14.2 Å². The fourth-order valence-electron chi connectivity index (χ4n) is 10.9. The summed E-state index contributed by atoms with van der Waals surface area (Å²) >= 11 is 0. The Balaban J connectivity index is 1.53. The van der Waals surface area contributed by atoms with Gasteiger partial charge in [0.15, 0.2) is 11.5 Å². The lowest BCUT2D eigenvalue weighted by Crippen LogP contribution is -2.15. The van der Waals surface area contributed by atoms with Crippen LogP contribution in [0.5, 0.6) is 63.2 Å². The molecular formula is C63H62O11. The fourth-order valence-corrected chi connectivity index (χ4v) is 10.9. The third-order valence-electron chi connectivity index (χ3n) is 14.5. The van der Waals surface area contributed by atoms with Gasteiger partial charge >= 0.3 is 0 Å². The maximum Gasteiger partial charge on any atom is 0.161 e. The molecule has 11 nitrogen and oxygen atoms in total. The van der Waals surface area contributed by atoms with E-state index < -0.39 is 23.7 Å². The molecule has 0 fully saturated rings. The lowest BCUT2D eigenvalue weighted by molar-refractivity contribution is 0.317. The summed E-state index contributed by atoms with van der Waals surface area (Å²) < 4.78 is 18.9. The molecule has 8 N–H and O–H groups in total. The summed E-state index contributed by atoms with van der Waals surface area (Å²) in [6.07, 6.45) is 0. The van der Waals surface area contributed by atoms with Crippen molar-refractivity contribution in [2.24, 2.45) is 0 Å². The van der Waals surface area contributed by atoms with Crippen LogP contribution in [0.15, 0.2) is 121 Å². The number of hydrogen-bond donors (Lipinski definition) is 8. The second-order valence-electron chi connectivity index (χ2n) is 19.3. The normalized spacial score (nSPS) is 16.2. The first-order valence-corrected chi connectivity index (χ1v) is 24.9. The molecule has 0 heterocycles. The zero-order valence-corrected chi connectivity index (χ0v) is 42.8. The van der Waals surface area contributed by atoms with Gasteiger partial charge in [-0.05, 0) is 183 Å². The standard InChI is InChI=1S/C63H62O11/c1-9-72-57-30-55(70)45-28-47(57)62(39-14-18-51(66)36(8)22-39)46-29-48(58(73-10-2)31-56(46)71)63(40-15-19-52(67)59(25-40)74-11-3)44-27-42(33(5)24-54(44)69)60(37-12-16-49(64)34(6)20-37)43-26-41(32(4)23-53(43)68)61(45)38-13-17-50(65)35(7)21-38/h12-31,60-71H,9-11H2,1-8H3. The topological polar surface area (TPSA) is 190 Å². The molecule has 4 unspecified atom stereocenters. The molecule has 0 amide bonds. The molecule has 0 radical (unpaired) electrons. The average Bonchev–Trinajstić information content (AvgIpc) is 3.35. The maximum atomic E-state index is 12.6. The number of phenols is 8. The second-order valence-corrected chi connectivity index (χ2v) is 19.3. The lowest BCUT2D eigenvalue weighted by atomic mass is 9.74. The molecule has 74 heavy (non-hydrogen) atoms. The first-order valence-electron chi connectivity index (χ1n) is 24.9. The molecule has 1 aliphatic carbocycles. The molecule has 0 spiro atoms. The van der Waals surface area contributed by atoms with Crippen LogP contribution >= 0.6 is 0 Å². The number of ether oxygens (including phenoxy) is 3. The van der Waals surface area contributed by atoms with Gasteiger partial charge in [-0.2, -0.15) is 0 Å². The summed E-state index contributed by atoms with van der Waals surface area (Å²) in [5, 5.41) is 94.1. The number of benzene rings is 8. The fraction of sp³-hybridized carbons (Fsp3) is 0.238. The Morgan fingerprint density at radius 2 is 0.554 bits per heavy atom. The summed E-state index contributed by atoms with van der Waals surface area (Å²) in [5.74, 6) is -2.55. The lowest BCUT2D eigenvalue weighted by Gasteiger charge is -2.31. The van der Waals surface area contributed by atoms with Crippen LogP contribution in [0.4, 0.5) is 0 Å². The van der Waals surface area contributed by atoms with Gasteiger partial charge in [0.1, 0.15) is 51.7 Å². The Labute approximate surface area is 431 Å². The molecule has 8 aromatic rings. The number of aromatic hydroxyl groups is 8. The van der Waals surface area contributed by atoms with Crippen molar-refractivity contribution in [3.8, 4) is 63.2 Å². The van der Waals surface area contributed by atoms with Crippen molar-refractivity contribution >= 4 is 0 Å². The highest BCUT2D eigenvalue weighted by Gasteiger charge is 2.35. The van der Waals surface area contributed by atoms with Crippen LogP contribution in [-0.4, -0.2) is 60.7 Å². The number of fused-ring (bicyclic) bond motifs is 8. The van der Waals surface area contributed by atoms with Gasteiger partial charge in [0.05, 0.1) is 19.8 Å². The molecule has 1 aliphatic rings. The van der Waals surface area contributed by atoms with E-state index in [0.717, 1.165) is 11.1 Å². The van der Waals surface area contributed by atoms with Crippen molar-refractivity contribution in [1.82, 2.24) is 0 Å². The van der Waals surface area contributed by atoms with Gasteiger partial charge in [0.25, 0.3) is 0 Å². The van der Waals surface area contributed by atoms with E-state index in [1.807, 2.05) is 89.2 Å². The van der Waals surface area contributed by atoms with Crippen LogP contribution in [0.1, 0.15) is 139 Å². The van der Waals surface area contributed by atoms with Gasteiger partial charge in [-0.15, -0.1) is 0 Å². The number of phenolic OH excluding ortho intramolecular Hbond substituents is 8. The van der Waals surface area contributed by atoms with Crippen LogP contribution in [0.3, 0.4) is 0 Å². The summed E-state index contributed by atoms with van der Waals surface area (Å²) in [6.45, 7) is 15.4. The molecule has 9 rings (SSSR count). The minimum absolute atomic E-state index is 0.0182. The third-order valence-corrected chi connectivity index (χ3v) is 14.5. The van der Waals surface area contributed by atoms with Gasteiger partial charge in [0.2, 0.25) is 0 Å². The highest BCUT2D eigenvalue weighted by atomic mass is 16.5. The third kappa shape index (κ3) is 9.19. The molecule has 8 bridgehead atoms. The van der Waals surface area contributed by atoms with Crippen molar-refractivity contribution in [1.29, 1.82) is 0 Å². The van der Waals surface area contributed by atoms with E-state index in [9.17, 15) is 40.9 Å². The van der Waals surface area contributed by atoms with E-state index in [2.05, 4.69) is 0 Å². The van der Waals surface area contributed by atoms with Gasteiger partial charge in [-0.1, -0.05) is 42.5 Å². The van der Waals surface area contributed by atoms with Crippen molar-refractivity contribution in [3.05, 3.63) is 216 Å². The van der Waals surface area contributed by atoms with Crippen molar-refractivity contribution < 1.29 is 55.1 Å². The van der Waals surface area contributed by atoms with Gasteiger partial charge in [-0.25, -0.2) is 0 Å². The Bertz CT molecular complexity index is 3470.